The van der Waals surface area contributed by atoms with Gasteiger partial charge in [0, 0.05) is 36.8 Å². The van der Waals surface area contributed by atoms with Gasteiger partial charge in [-0.05, 0) is 25.1 Å². The SMILES string of the molecule is CC1CNCCN1c1nc2cc(Cl)cc(Oc3ccccc3)c2o1. The molecule has 0 bridgehead atoms. The molecule has 5 nitrogen and oxygen atoms in total. The molecule has 1 aliphatic heterocycles. The zero-order valence-corrected chi connectivity index (χ0v) is 14.1. The van der Waals surface area contributed by atoms with Crippen molar-refractivity contribution in [2.24, 2.45) is 0 Å². The molecule has 1 aliphatic rings. The van der Waals surface area contributed by atoms with Crippen LogP contribution in [0, 0.1) is 0 Å². The Labute approximate surface area is 145 Å². The molecule has 0 radical (unpaired) electrons. The number of hydrogen-bond acceptors (Lipinski definition) is 5. The van der Waals surface area contributed by atoms with E-state index in [9.17, 15) is 0 Å². The van der Waals surface area contributed by atoms with Crippen molar-refractivity contribution in [2.45, 2.75) is 13.0 Å². The Kier molecular flexibility index (Phi) is 4.04. The van der Waals surface area contributed by atoms with Crippen molar-refractivity contribution >= 4 is 28.7 Å². The number of piperazine rings is 1. The van der Waals surface area contributed by atoms with E-state index < -0.39 is 0 Å². The number of para-hydroxylation sites is 1. The van der Waals surface area contributed by atoms with Gasteiger partial charge >= 0.3 is 0 Å². The molecule has 4 rings (SSSR count). The lowest BCUT2D eigenvalue weighted by atomic mass is 10.2. The zero-order chi connectivity index (χ0) is 16.5. The van der Waals surface area contributed by atoms with E-state index in [1.807, 2.05) is 30.3 Å². The highest BCUT2D eigenvalue weighted by Crippen LogP contribution is 2.36. The van der Waals surface area contributed by atoms with E-state index in [1.54, 1.807) is 12.1 Å². The molecule has 6 heteroatoms. The molecule has 3 aromatic rings. The minimum absolute atomic E-state index is 0.320. The van der Waals surface area contributed by atoms with Crippen LogP contribution in [0.1, 0.15) is 6.92 Å². The van der Waals surface area contributed by atoms with Crippen molar-refractivity contribution < 1.29 is 9.15 Å². The molecular formula is C18H18ClN3O2. The second-order valence-electron chi connectivity index (χ2n) is 5.91. The summed E-state index contributed by atoms with van der Waals surface area (Å²) >= 11 is 6.23. The van der Waals surface area contributed by atoms with Crippen LogP contribution in [-0.2, 0) is 0 Å². The summed E-state index contributed by atoms with van der Waals surface area (Å²) in [6.45, 7) is 4.83. The lowest BCUT2D eigenvalue weighted by Crippen LogP contribution is -2.50. The Bertz CT molecular complexity index is 850. The fourth-order valence-electron chi connectivity index (χ4n) is 2.90. The summed E-state index contributed by atoms with van der Waals surface area (Å²) in [4.78, 5) is 6.78. The summed E-state index contributed by atoms with van der Waals surface area (Å²) in [5.41, 5.74) is 1.32. The van der Waals surface area contributed by atoms with Gasteiger partial charge in [-0.3, -0.25) is 0 Å². The van der Waals surface area contributed by atoms with Crippen LogP contribution in [0.5, 0.6) is 11.5 Å². The number of halogens is 1. The van der Waals surface area contributed by atoms with Gasteiger partial charge < -0.3 is 19.4 Å². The van der Waals surface area contributed by atoms with Gasteiger partial charge in [-0.2, -0.15) is 4.98 Å². The Balaban J connectivity index is 1.74. The standard InChI is InChI=1S/C18H18ClN3O2/c1-12-11-20-7-8-22(12)18-21-15-9-13(19)10-16(17(15)24-18)23-14-5-3-2-4-6-14/h2-6,9-10,12,20H,7-8,11H2,1H3. The van der Waals surface area contributed by atoms with E-state index in [4.69, 9.17) is 20.8 Å². The molecule has 1 N–H and O–H groups in total. The Morgan fingerprint density at radius 3 is 2.92 bits per heavy atom. The lowest BCUT2D eigenvalue weighted by molar-refractivity contribution is 0.444. The van der Waals surface area contributed by atoms with Gasteiger partial charge in [0.05, 0.1) is 0 Å². The molecule has 2 heterocycles. The molecule has 0 aliphatic carbocycles. The van der Waals surface area contributed by atoms with Gasteiger partial charge in [0.1, 0.15) is 11.3 Å². The van der Waals surface area contributed by atoms with Crippen molar-refractivity contribution in [3.05, 3.63) is 47.5 Å². The largest absolute Gasteiger partial charge is 0.453 e. The Morgan fingerprint density at radius 2 is 2.12 bits per heavy atom. The van der Waals surface area contributed by atoms with Crippen molar-refractivity contribution in [3.63, 3.8) is 0 Å². The summed E-state index contributed by atoms with van der Waals surface area (Å²) < 4.78 is 12.0. The van der Waals surface area contributed by atoms with E-state index in [0.717, 1.165) is 25.4 Å². The quantitative estimate of drug-likeness (QED) is 0.776. The first-order chi connectivity index (χ1) is 11.7. The van der Waals surface area contributed by atoms with Crippen LogP contribution in [0.25, 0.3) is 11.1 Å². The molecule has 1 unspecified atom stereocenters. The lowest BCUT2D eigenvalue weighted by Gasteiger charge is -2.32. The second kappa shape index (κ2) is 6.34. The van der Waals surface area contributed by atoms with Crippen LogP contribution < -0.4 is 15.0 Å². The zero-order valence-electron chi connectivity index (χ0n) is 13.3. The summed E-state index contributed by atoms with van der Waals surface area (Å²) in [5.74, 6) is 1.31. The van der Waals surface area contributed by atoms with E-state index in [-0.39, 0.29) is 0 Å². The van der Waals surface area contributed by atoms with Gasteiger partial charge in [-0.15, -0.1) is 0 Å². The second-order valence-corrected chi connectivity index (χ2v) is 6.35. The highest BCUT2D eigenvalue weighted by atomic mass is 35.5. The van der Waals surface area contributed by atoms with Crippen molar-refractivity contribution in [2.75, 3.05) is 24.5 Å². The highest BCUT2D eigenvalue weighted by Gasteiger charge is 2.24. The molecule has 0 amide bonds. The minimum Gasteiger partial charge on any atom is -0.453 e. The molecule has 2 aromatic carbocycles. The van der Waals surface area contributed by atoms with Crippen LogP contribution in [0.4, 0.5) is 6.01 Å². The van der Waals surface area contributed by atoms with E-state index >= 15 is 0 Å². The monoisotopic (exact) mass is 343 g/mol. The summed E-state index contributed by atoms with van der Waals surface area (Å²) in [5, 5.41) is 3.94. The van der Waals surface area contributed by atoms with Crippen molar-refractivity contribution in [1.82, 2.24) is 10.3 Å². The van der Waals surface area contributed by atoms with Crippen LogP contribution >= 0.6 is 11.6 Å². The molecule has 1 aromatic heterocycles. The smallest absolute Gasteiger partial charge is 0.298 e. The molecule has 0 spiro atoms. The summed E-state index contributed by atoms with van der Waals surface area (Å²) in [7, 11) is 0. The van der Waals surface area contributed by atoms with Crippen LogP contribution in [0.3, 0.4) is 0 Å². The molecule has 124 valence electrons. The third kappa shape index (κ3) is 2.92. The predicted octanol–water partition coefficient (Wildman–Crippen LogP) is 4.07. The third-order valence-electron chi connectivity index (χ3n) is 4.13. The topological polar surface area (TPSA) is 50.5 Å². The number of oxazole rings is 1. The first-order valence-corrected chi connectivity index (χ1v) is 8.39. The van der Waals surface area contributed by atoms with E-state index in [0.29, 0.717) is 33.9 Å². The number of anilines is 1. The maximum atomic E-state index is 6.23. The average molecular weight is 344 g/mol. The molecule has 0 saturated carbocycles. The van der Waals surface area contributed by atoms with Crippen LogP contribution in [0.15, 0.2) is 46.9 Å². The van der Waals surface area contributed by atoms with Gasteiger partial charge in [0.15, 0.2) is 11.3 Å². The number of nitrogens with one attached hydrogen (secondary N) is 1. The molecule has 1 fully saturated rings. The number of rotatable bonds is 3. The number of hydrogen-bond donors (Lipinski definition) is 1. The Hall–Kier alpha value is -2.24. The van der Waals surface area contributed by atoms with Crippen LogP contribution in [0.2, 0.25) is 5.02 Å². The normalized spacial score (nSPS) is 18.1. The van der Waals surface area contributed by atoms with Gasteiger partial charge in [0.2, 0.25) is 0 Å². The summed E-state index contributed by atoms with van der Waals surface area (Å²) in [6.07, 6.45) is 0. The summed E-state index contributed by atoms with van der Waals surface area (Å²) in [6, 6.07) is 14.1. The van der Waals surface area contributed by atoms with Crippen LogP contribution in [-0.4, -0.2) is 30.7 Å². The maximum Gasteiger partial charge on any atom is 0.298 e. The number of ether oxygens (including phenoxy) is 1. The van der Waals surface area contributed by atoms with Gasteiger partial charge in [-0.25, -0.2) is 0 Å². The number of benzene rings is 2. The number of nitrogens with zero attached hydrogens (tertiary/aromatic N) is 2. The Morgan fingerprint density at radius 1 is 1.29 bits per heavy atom. The maximum absolute atomic E-state index is 6.23. The molecule has 1 saturated heterocycles. The fraction of sp³-hybridized carbons (Fsp3) is 0.278. The predicted molar refractivity (Wildman–Crippen MR) is 95.2 cm³/mol. The van der Waals surface area contributed by atoms with Gasteiger partial charge in [0.25, 0.3) is 6.01 Å². The number of fused-ring (bicyclic) bond motifs is 1. The van der Waals surface area contributed by atoms with Crippen molar-refractivity contribution in [1.29, 1.82) is 0 Å². The van der Waals surface area contributed by atoms with Gasteiger partial charge in [-0.1, -0.05) is 29.8 Å². The van der Waals surface area contributed by atoms with E-state index in [1.165, 1.54) is 0 Å². The van der Waals surface area contributed by atoms with E-state index in [2.05, 4.69) is 22.1 Å². The van der Waals surface area contributed by atoms with Crippen molar-refractivity contribution in [3.8, 4) is 11.5 Å². The highest BCUT2D eigenvalue weighted by molar-refractivity contribution is 6.31. The fourth-order valence-corrected chi connectivity index (χ4v) is 3.10. The first-order valence-electron chi connectivity index (χ1n) is 8.01. The molecular weight excluding hydrogens is 326 g/mol. The molecule has 1 atom stereocenters. The first kappa shape index (κ1) is 15.3. The third-order valence-corrected chi connectivity index (χ3v) is 4.35. The molecule has 24 heavy (non-hydrogen) atoms. The minimum atomic E-state index is 0.320. The number of aromatic nitrogens is 1. The average Bonchev–Trinajstić information content (AvgIpc) is 3.00.